The van der Waals surface area contributed by atoms with Gasteiger partial charge in [-0.15, -0.1) is 0 Å². The molecule has 0 amide bonds. The summed E-state index contributed by atoms with van der Waals surface area (Å²) in [7, 11) is 1.97. The maximum absolute atomic E-state index is 4.69. The summed E-state index contributed by atoms with van der Waals surface area (Å²) >= 11 is 0. The van der Waals surface area contributed by atoms with Gasteiger partial charge in [-0.3, -0.25) is 0 Å². The molecule has 0 aromatic carbocycles. The van der Waals surface area contributed by atoms with Crippen molar-refractivity contribution in [3.63, 3.8) is 0 Å². The number of nitrogens with one attached hydrogen (secondary N) is 2. The monoisotopic (exact) mass is 235 g/mol. The molecule has 0 bridgehead atoms. The van der Waals surface area contributed by atoms with Crippen molar-refractivity contribution in [1.82, 2.24) is 10.3 Å². The molecule has 3 heteroatoms. The SMILES string of the molecule is CNCc1cc(NC(C)C)nc(C(C)(C)C)c1. The highest BCUT2D eigenvalue weighted by molar-refractivity contribution is 5.41. The lowest BCUT2D eigenvalue weighted by Gasteiger charge is -2.21. The Morgan fingerprint density at radius 1 is 1.24 bits per heavy atom. The molecule has 0 aliphatic heterocycles. The molecule has 0 aliphatic carbocycles. The average Bonchev–Trinajstić information content (AvgIpc) is 2.15. The van der Waals surface area contributed by atoms with Gasteiger partial charge in [-0.25, -0.2) is 4.98 Å². The van der Waals surface area contributed by atoms with Crippen molar-refractivity contribution in [2.24, 2.45) is 0 Å². The molecule has 0 saturated heterocycles. The van der Waals surface area contributed by atoms with E-state index in [1.807, 2.05) is 7.05 Å². The van der Waals surface area contributed by atoms with Gasteiger partial charge in [-0.2, -0.15) is 0 Å². The molecule has 1 aromatic rings. The largest absolute Gasteiger partial charge is 0.368 e. The van der Waals surface area contributed by atoms with Gasteiger partial charge >= 0.3 is 0 Å². The Morgan fingerprint density at radius 2 is 1.88 bits per heavy atom. The molecule has 0 aliphatic rings. The average molecular weight is 235 g/mol. The van der Waals surface area contributed by atoms with E-state index < -0.39 is 0 Å². The molecule has 3 nitrogen and oxygen atoms in total. The first kappa shape index (κ1) is 14.0. The van der Waals surface area contributed by atoms with Crippen LogP contribution in [0.5, 0.6) is 0 Å². The van der Waals surface area contributed by atoms with Crippen LogP contribution < -0.4 is 10.6 Å². The predicted octanol–water partition coefficient (Wildman–Crippen LogP) is 2.92. The van der Waals surface area contributed by atoms with Crippen LogP contribution >= 0.6 is 0 Å². The number of rotatable bonds is 4. The van der Waals surface area contributed by atoms with Crippen LogP contribution in [0, 0.1) is 0 Å². The molecule has 0 fully saturated rings. The molecule has 0 saturated carbocycles. The van der Waals surface area contributed by atoms with Crippen molar-refractivity contribution in [1.29, 1.82) is 0 Å². The highest BCUT2D eigenvalue weighted by Crippen LogP contribution is 2.23. The fourth-order valence-electron chi connectivity index (χ4n) is 1.65. The highest BCUT2D eigenvalue weighted by Gasteiger charge is 2.17. The van der Waals surface area contributed by atoms with E-state index in [1.54, 1.807) is 0 Å². The van der Waals surface area contributed by atoms with E-state index in [9.17, 15) is 0 Å². The lowest BCUT2D eigenvalue weighted by atomic mass is 9.90. The third-order valence-corrected chi connectivity index (χ3v) is 2.47. The molecule has 0 unspecified atom stereocenters. The van der Waals surface area contributed by atoms with Crippen molar-refractivity contribution < 1.29 is 0 Å². The second kappa shape index (κ2) is 5.50. The number of aromatic nitrogens is 1. The highest BCUT2D eigenvalue weighted by atomic mass is 15.0. The molecule has 1 heterocycles. The van der Waals surface area contributed by atoms with Crippen LogP contribution in [-0.4, -0.2) is 18.1 Å². The van der Waals surface area contributed by atoms with Crippen LogP contribution in [-0.2, 0) is 12.0 Å². The van der Waals surface area contributed by atoms with E-state index in [4.69, 9.17) is 0 Å². The predicted molar refractivity (Wildman–Crippen MR) is 74.5 cm³/mol. The normalized spacial score (nSPS) is 11.9. The maximum Gasteiger partial charge on any atom is 0.126 e. The molecule has 0 radical (unpaired) electrons. The van der Waals surface area contributed by atoms with Gasteiger partial charge < -0.3 is 10.6 Å². The summed E-state index contributed by atoms with van der Waals surface area (Å²) in [6, 6.07) is 4.70. The third kappa shape index (κ3) is 4.35. The van der Waals surface area contributed by atoms with Gasteiger partial charge in [0, 0.05) is 23.7 Å². The number of hydrogen-bond donors (Lipinski definition) is 2. The number of anilines is 1. The molecule has 0 atom stereocenters. The van der Waals surface area contributed by atoms with Gasteiger partial charge in [0.2, 0.25) is 0 Å². The number of pyridine rings is 1. The lowest BCUT2D eigenvalue weighted by molar-refractivity contribution is 0.567. The van der Waals surface area contributed by atoms with Gasteiger partial charge in [0.15, 0.2) is 0 Å². The minimum Gasteiger partial charge on any atom is -0.368 e. The molecular formula is C14H25N3. The molecule has 96 valence electrons. The summed E-state index contributed by atoms with van der Waals surface area (Å²) in [5.74, 6) is 0.970. The Balaban J connectivity index is 3.09. The third-order valence-electron chi connectivity index (χ3n) is 2.47. The maximum atomic E-state index is 4.69. The summed E-state index contributed by atoms with van der Waals surface area (Å²) in [6.07, 6.45) is 0. The van der Waals surface area contributed by atoms with Crippen LogP contribution in [0.3, 0.4) is 0 Å². The Bertz CT molecular complexity index is 364. The van der Waals surface area contributed by atoms with E-state index in [0.717, 1.165) is 18.1 Å². The number of nitrogens with zero attached hydrogens (tertiary/aromatic N) is 1. The Hall–Kier alpha value is -1.09. The first-order valence-corrected chi connectivity index (χ1v) is 6.25. The molecule has 1 aromatic heterocycles. The van der Waals surface area contributed by atoms with E-state index in [1.165, 1.54) is 5.56 Å². The van der Waals surface area contributed by atoms with E-state index in [0.29, 0.717) is 6.04 Å². The van der Waals surface area contributed by atoms with Crippen molar-refractivity contribution in [3.8, 4) is 0 Å². The summed E-state index contributed by atoms with van der Waals surface area (Å²) in [4.78, 5) is 4.69. The zero-order valence-electron chi connectivity index (χ0n) is 11.9. The van der Waals surface area contributed by atoms with Crippen molar-refractivity contribution in [2.45, 2.75) is 52.6 Å². The van der Waals surface area contributed by atoms with Crippen LogP contribution in [0.25, 0.3) is 0 Å². The topological polar surface area (TPSA) is 37.0 Å². The quantitative estimate of drug-likeness (QED) is 0.842. The fraction of sp³-hybridized carbons (Fsp3) is 0.643. The van der Waals surface area contributed by atoms with Gasteiger partial charge in [0.05, 0.1) is 0 Å². The van der Waals surface area contributed by atoms with E-state index in [2.05, 4.69) is 62.4 Å². The van der Waals surface area contributed by atoms with Crippen LogP contribution in [0.1, 0.15) is 45.9 Å². The Kier molecular flexibility index (Phi) is 4.52. The smallest absolute Gasteiger partial charge is 0.126 e. The van der Waals surface area contributed by atoms with E-state index >= 15 is 0 Å². The zero-order valence-corrected chi connectivity index (χ0v) is 11.9. The van der Waals surface area contributed by atoms with Crippen LogP contribution in [0.4, 0.5) is 5.82 Å². The lowest BCUT2D eigenvalue weighted by Crippen LogP contribution is -2.18. The second-order valence-corrected chi connectivity index (χ2v) is 5.83. The van der Waals surface area contributed by atoms with E-state index in [-0.39, 0.29) is 5.41 Å². The Labute approximate surface area is 105 Å². The summed E-state index contributed by atoms with van der Waals surface area (Å²) in [5.41, 5.74) is 2.49. The molecule has 17 heavy (non-hydrogen) atoms. The minimum atomic E-state index is 0.0805. The Morgan fingerprint density at radius 3 is 2.35 bits per heavy atom. The first-order chi connectivity index (χ1) is 7.82. The first-order valence-electron chi connectivity index (χ1n) is 6.25. The second-order valence-electron chi connectivity index (χ2n) is 5.83. The van der Waals surface area contributed by atoms with Gasteiger partial charge in [0.25, 0.3) is 0 Å². The summed E-state index contributed by atoms with van der Waals surface area (Å²) < 4.78 is 0. The molecular weight excluding hydrogens is 210 g/mol. The number of hydrogen-bond acceptors (Lipinski definition) is 3. The van der Waals surface area contributed by atoms with Crippen molar-refractivity contribution in [3.05, 3.63) is 23.4 Å². The van der Waals surface area contributed by atoms with Crippen LogP contribution in [0.15, 0.2) is 12.1 Å². The van der Waals surface area contributed by atoms with Gasteiger partial charge in [-0.05, 0) is 38.6 Å². The van der Waals surface area contributed by atoms with Crippen LogP contribution in [0.2, 0.25) is 0 Å². The van der Waals surface area contributed by atoms with Gasteiger partial charge in [0.1, 0.15) is 5.82 Å². The standard InChI is InChI=1S/C14H25N3/c1-10(2)16-13-8-11(9-15-6)7-12(17-13)14(3,4)5/h7-8,10,15H,9H2,1-6H3,(H,16,17). The summed E-state index contributed by atoms with van der Waals surface area (Å²) in [6.45, 7) is 11.7. The minimum absolute atomic E-state index is 0.0805. The molecule has 1 rings (SSSR count). The fourth-order valence-corrected chi connectivity index (χ4v) is 1.65. The van der Waals surface area contributed by atoms with Crippen molar-refractivity contribution >= 4 is 5.82 Å². The zero-order chi connectivity index (χ0) is 13.1. The van der Waals surface area contributed by atoms with Crippen molar-refractivity contribution in [2.75, 3.05) is 12.4 Å². The summed E-state index contributed by atoms with van der Waals surface area (Å²) in [5, 5.41) is 6.56. The molecule has 2 N–H and O–H groups in total. The molecule has 0 spiro atoms. The van der Waals surface area contributed by atoms with Gasteiger partial charge in [-0.1, -0.05) is 20.8 Å².